The number of carbonyl (C=O) groups excluding carboxylic acids is 1. The largest absolute Gasteiger partial charge is 0.528 e. The first-order chi connectivity index (χ1) is 10.3. The maximum absolute atomic E-state index is 13.0. The first-order valence-corrected chi connectivity index (χ1v) is 7.10. The van der Waals surface area contributed by atoms with E-state index in [1.165, 1.54) is 5.06 Å². The minimum Gasteiger partial charge on any atom is -0.427 e. The van der Waals surface area contributed by atoms with Crippen molar-refractivity contribution in [3.63, 3.8) is 0 Å². The number of aromatic amines is 1. The highest BCUT2D eigenvalue weighted by Gasteiger charge is 2.44. The first-order valence-electron chi connectivity index (χ1n) is 7.10. The van der Waals surface area contributed by atoms with Crippen molar-refractivity contribution in [2.45, 2.75) is 58.4 Å². The molecule has 0 aromatic carbocycles. The van der Waals surface area contributed by atoms with Crippen molar-refractivity contribution in [2.24, 2.45) is 0 Å². The molecule has 0 saturated heterocycles. The van der Waals surface area contributed by atoms with E-state index in [4.69, 9.17) is 9.57 Å². The third-order valence-electron chi connectivity index (χ3n) is 3.31. The third kappa shape index (κ3) is 3.95. The van der Waals surface area contributed by atoms with Crippen molar-refractivity contribution >= 4 is 6.16 Å². The lowest BCUT2D eigenvalue weighted by Crippen LogP contribution is -2.44. The number of rotatable bonds is 1. The summed E-state index contributed by atoms with van der Waals surface area (Å²) in [6.07, 6.45) is -5.52. The van der Waals surface area contributed by atoms with Gasteiger partial charge < -0.3 is 9.57 Å². The highest BCUT2D eigenvalue weighted by Crippen LogP contribution is 2.39. The molecule has 23 heavy (non-hydrogen) atoms. The second-order valence-corrected chi connectivity index (χ2v) is 7.16. The number of hydrogen-bond donors (Lipinski definition) is 1. The fourth-order valence-electron chi connectivity index (χ4n) is 2.50. The second-order valence-electron chi connectivity index (χ2n) is 7.16. The van der Waals surface area contributed by atoms with Crippen LogP contribution >= 0.6 is 0 Å². The Kier molecular flexibility index (Phi) is 4.13. The summed E-state index contributed by atoms with van der Waals surface area (Å²) < 4.78 is 44.1. The summed E-state index contributed by atoms with van der Waals surface area (Å²) in [6.45, 7) is 8.52. The Morgan fingerprint density at radius 3 is 2.43 bits per heavy atom. The van der Waals surface area contributed by atoms with Gasteiger partial charge in [0.05, 0.1) is 6.54 Å². The molecular weight excluding hydrogens is 315 g/mol. The molecule has 1 aromatic heterocycles. The SMILES string of the molecule is CC(C)(C)OC(=O)ON1Cc2c(C(F)(F)F)n[nH]c2C(C)(C)C1. The van der Waals surface area contributed by atoms with Gasteiger partial charge in [-0.25, -0.2) is 4.79 Å². The number of aromatic nitrogens is 2. The molecule has 6 nitrogen and oxygen atoms in total. The predicted octanol–water partition coefficient (Wildman–Crippen LogP) is 3.39. The molecule has 0 spiro atoms. The molecule has 0 amide bonds. The summed E-state index contributed by atoms with van der Waals surface area (Å²) in [5.41, 5.74) is -2.05. The maximum atomic E-state index is 13.0. The van der Waals surface area contributed by atoms with E-state index in [-0.39, 0.29) is 18.7 Å². The summed E-state index contributed by atoms with van der Waals surface area (Å²) in [5.74, 6) is 0. The fraction of sp³-hybridized carbons (Fsp3) is 0.714. The van der Waals surface area contributed by atoms with E-state index in [2.05, 4.69) is 10.2 Å². The lowest BCUT2D eigenvalue weighted by atomic mass is 9.83. The van der Waals surface area contributed by atoms with Gasteiger partial charge in [-0.1, -0.05) is 13.8 Å². The molecule has 0 atom stereocenters. The number of halogens is 3. The topological polar surface area (TPSA) is 67.5 Å². The zero-order valence-corrected chi connectivity index (χ0v) is 13.7. The van der Waals surface area contributed by atoms with Crippen LogP contribution in [0.1, 0.15) is 51.6 Å². The van der Waals surface area contributed by atoms with Crippen molar-refractivity contribution < 1.29 is 27.5 Å². The van der Waals surface area contributed by atoms with E-state index in [9.17, 15) is 18.0 Å². The summed E-state index contributed by atoms with van der Waals surface area (Å²) in [4.78, 5) is 16.8. The van der Waals surface area contributed by atoms with E-state index in [1.807, 2.05) is 0 Å². The van der Waals surface area contributed by atoms with Gasteiger partial charge in [0.1, 0.15) is 5.60 Å². The molecular formula is C14H20F3N3O3. The molecule has 2 heterocycles. The molecule has 0 bridgehead atoms. The summed E-state index contributed by atoms with van der Waals surface area (Å²) in [6, 6.07) is 0. The van der Waals surface area contributed by atoms with Crippen LogP contribution in [0.3, 0.4) is 0 Å². The van der Waals surface area contributed by atoms with E-state index in [0.29, 0.717) is 5.69 Å². The summed E-state index contributed by atoms with van der Waals surface area (Å²) >= 11 is 0. The Labute approximate surface area is 131 Å². The first kappa shape index (κ1) is 17.6. The van der Waals surface area contributed by atoms with Crippen LogP contribution in [0.4, 0.5) is 18.0 Å². The standard InChI is InChI=1S/C14H20F3N3O3/c1-12(2,3)22-11(21)23-20-6-8-9(13(4,5)7-20)18-19-10(8)14(15,16)17/h6-7H2,1-5H3,(H,18,19). The van der Waals surface area contributed by atoms with Gasteiger partial charge in [-0.15, -0.1) is 5.06 Å². The van der Waals surface area contributed by atoms with Crippen LogP contribution < -0.4 is 0 Å². The van der Waals surface area contributed by atoms with Gasteiger partial charge in [0.15, 0.2) is 5.69 Å². The Hall–Kier alpha value is -1.77. The molecule has 0 saturated carbocycles. The van der Waals surface area contributed by atoms with Crippen LogP contribution in [0.2, 0.25) is 0 Å². The fourth-order valence-corrected chi connectivity index (χ4v) is 2.50. The number of fused-ring (bicyclic) bond motifs is 1. The van der Waals surface area contributed by atoms with E-state index >= 15 is 0 Å². The van der Waals surface area contributed by atoms with Gasteiger partial charge >= 0.3 is 12.3 Å². The number of hydrogen-bond acceptors (Lipinski definition) is 5. The normalized spacial score (nSPS) is 18.4. The van der Waals surface area contributed by atoms with E-state index in [0.717, 1.165) is 0 Å². The van der Waals surface area contributed by atoms with Crippen LogP contribution in [0.5, 0.6) is 0 Å². The minimum absolute atomic E-state index is 0.0164. The monoisotopic (exact) mass is 335 g/mol. The van der Waals surface area contributed by atoms with Crippen LogP contribution in [-0.2, 0) is 27.7 Å². The second kappa shape index (κ2) is 5.40. The molecule has 1 aliphatic heterocycles. The Morgan fingerprint density at radius 1 is 1.30 bits per heavy atom. The summed E-state index contributed by atoms with van der Waals surface area (Å²) in [7, 11) is 0. The number of ether oxygens (including phenoxy) is 1. The number of carbonyl (C=O) groups is 1. The maximum Gasteiger partial charge on any atom is 0.528 e. The van der Waals surface area contributed by atoms with Gasteiger partial charge in [0, 0.05) is 23.2 Å². The van der Waals surface area contributed by atoms with E-state index in [1.54, 1.807) is 34.6 Å². The van der Waals surface area contributed by atoms with Crippen molar-refractivity contribution in [3.05, 3.63) is 17.0 Å². The Bertz CT molecular complexity index is 589. The van der Waals surface area contributed by atoms with E-state index < -0.39 is 29.0 Å². The zero-order valence-electron chi connectivity index (χ0n) is 13.7. The predicted molar refractivity (Wildman–Crippen MR) is 74.3 cm³/mol. The Balaban J connectivity index is 2.23. The number of nitrogens with one attached hydrogen (secondary N) is 1. The number of nitrogens with zero attached hydrogens (tertiary/aromatic N) is 2. The van der Waals surface area contributed by atoms with Gasteiger partial charge in [-0.05, 0) is 20.8 Å². The van der Waals surface area contributed by atoms with Crippen LogP contribution in [-0.4, -0.2) is 33.6 Å². The lowest BCUT2D eigenvalue weighted by Gasteiger charge is -2.36. The highest BCUT2D eigenvalue weighted by atomic mass is 19.4. The Morgan fingerprint density at radius 2 is 1.91 bits per heavy atom. The average Bonchev–Trinajstić information content (AvgIpc) is 2.68. The molecule has 1 aliphatic rings. The van der Waals surface area contributed by atoms with Gasteiger partial charge in [0.2, 0.25) is 0 Å². The van der Waals surface area contributed by atoms with Crippen molar-refractivity contribution in [1.29, 1.82) is 0 Å². The molecule has 0 radical (unpaired) electrons. The number of alkyl halides is 3. The average molecular weight is 335 g/mol. The molecule has 2 rings (SSSR count). The van der Waals surface area contributed by atoms with Crippen LogP contribution in [0, 0.1) is 0 Å². The van der Waals surface area contributed by atoms with Crippen molar-refractivity contribution in [3.8, 4) is 0 Å². The quantitative estimate of drug-likeness (QED) is 0.797. The molecule has 9 heteroatoms. The van der Waals surface area contributed by atoms with Crippen molar-refractivity contribution in [1.82, 2.24) is 15.3 Å². The van der Waals surface area contributed by atoms with Gasteiger partial charge in [0.25, 0.3) is 0 Å². The van der Waals surface area contributed by atoms with Gasteiger partial charge in [-0.2, -0.15) is 18.3 Å². The molecule has 0 fully saturated rings. The molecule has 0 unspecified atom stereocenters. The van der Waals surface area contributed by atoms with Crippen LogP contribution in [0.25, 0.3) is 0 Å². The molecule has 1 aromatic rings. The smallest absolute Gasteiger partial charge is 0.427 e. The lowest BCUT2D eigenvalue weighted by molar-refractivity contribution is -0.164. The van der Waals surface area contributed by atoms with Crippen molar-refractivity contribution in [2.75, 3.05) is 6.54 Å². The number of hydroxylamine groups is 2. The minimum atomic E-state index is -4.57. The zero-order chi connectivity index (χ0) is 17.6. The molecule has 1 N–H and O–H groups in total. The molecule has 0 aliphatic carbocycles. The number of H-pyrrole nitrogens is 1. The third-order valence-corrected chi connectivity index (χ3v) is 3.31. The summed E-state index contributed by atoms with van der Waals surface area (Å²) in [5, 5.41) is 7.02. The van der Waals surface area contributed by atoms with Gasteiger partial charge in [-0.3, -0.25) is 5.10 Å². The highest BCUT2D eigenvalue weighted by molar-refractivity contribution is 5.60. The molecule has 130 valence electrons. The van der Waals surface area contributed by atoms with Crippen LogP contribution in [0.15, 0.2) is 0 Å².